The summed E-state index contributed by atoms with van der Waals surface area (Å²) in [4.78, 5) is 2.38. The Hall–Kier alpha value is -7.30. The highest BCUT2D eigenvalue weighted by Crippen LogP contribution is 2.44. The first kappa shape index (κ1) is 35.6. The van der Waals surface area contributed by atoms with Crippen molar-refractivity contribution in [1.82, 2.24) is 0 Å². The molecule has 0 fully saturated rings. The first-order chi connectivity index (χ1) is 30.2. The van der Waals surface area contributed by atoms with Gasteiger partial charge in [0.05, 0.1) is 0 Å². The number of anilines is 3. The van der Waals surface area contributed by atoms with Gasteiger partial charge in [-0.15, -0.1) is 22.7 Å². The Balaban J connectivity index is 0.933. The van der Waals surface area contributed by atoms with Crippen molar-refractivity contribution in [2.75, 3.05) is 4.90 Å². The molecule has 10 aromatic carbocycles. The lowest BCUT2D eigenvalue weighted by Gasteiger charge is -2.26. The van der Waals surface area contributed by atoms with Gasteiger partial charge in [0, 0.05) is 57.4 Å². The number of nitrogens with zero attached hydrogens (tertiary/aromatic N) is 1. The van der Waals surface area contributed by atoms with Crippen molar-refractivity contribution >= 4 is 90.9 Å². The number of fused-ring (bicyclic) bond motifs is 7. The van der Waals surface area contributed by atoms with E-state index in [0.29, 0.717) is 0 Å². The summed E-state index contributed by atoms with van der Waals surface area (Å²) >= 11 is 3.73. The van der Waals surface area contributed by atoms with Gasteiger partial charge in [-0.1, -0.05) is 152 Å². The zero-order chi connectivity index (χ0) is 40.3. The molecule has 0 atom stereocenters. The zero-order valence-electron chi connectivity index (χ0n) is 33.1. The second kappa shape index (κ2) is 14.8. The minimum Gasteiger partial charge on any atom is -0.311 e. The molecule has 286 valence electrons. The molecular formula is C58H37NS2. The van der Waals surface area contributed by atoms with E-state index >= 15 is 0 Å². The largest absolute Gasteiger partial charge is 0.311 e. The van der Waals surface area contributed by atoms with Crippen LogP contribution in [0.15, 0.2) is 224 Å². The van der Waals surface area contributed by atoms with Gasteiger partial charge in [0.1, 0.15) is 0 Å². The van der Waals surface area contributed by atoms with Crippen molar-refractivity contribution in [3.05, 3.63) is 224 Å². The Bertz CT molecular complexity index is 3420. The molecule has 2 aromatic heterocycles. The van der Waals surface area contributed by atoms with Gasteiger partial charge in [-0.2, -0.15) is 0 Å². The summed E-state index contributed by atoms with van der Waals surface area (Å²) in [6, 6.07) is 82.4. The lowest BCUT2D eigenvalue weighted by molar-refractivity contribution is 1.28. The molecule has 2 heterocycles. The van der Waals surface area contributed by atoms with E-state index < -0.39 is 0 Å². The molecule has 0 aliphatic carbocycles. The summed E-state index contributed by atoms with van der Waals surface area (Å²) in [6.45, 7) is 0. The van der Waals surface area contributed by atoms with Crippen LogP contribution in [-0.2, 0) is 0 Å². The second-order valence-corrected chi connectivity index (χ2v) is 17.8. The van der Waals surface area contributed by atoms with Crippen LogP contribution in [0.5, 0.6) is 0 Å². The van der Waals surface area contributed by atoms with Crippen LogP contribution in [0.25, 0.3) is 95.6 Å². The van der Waals surface area contributed by atoms with Crippen LogP contribution in [0, 0.1) is 0 Å². The fourth-order valence-corrected chi connectivity index (χ4v) is 11.4. The Kier molecular flexibility index (Phi) is 8.62. The highest BCUT2D eigenvalue weighted by Gasteiger charge is 2.17. The highest BCUT2D eigenvalue weighted by atomic mass is 32.1. The third-order valence-corrected chi connectivity index (χ3v) is 14.4. The van der Waals surface area contributed by atoms with Crippen LogP contribution in [0.2, 0.25) is 0 Å². The molecule has 12 rings (SSSR count). The van der Waals surface area contributed by atoms with Gasteiger partial charge in [0.2, 0.25) is 0 Å². The van der Waals surface area contributed by atoms with Crippen molar-refractivity contribution in [1.29, 1.82) is 0 Å². The van der Waals surface area contributed by atoms with Gasteiger partial charge >= 0.3 is 0 Å². The molecule has 3 heteroatoms. The molecule has 1 nitrogen and oxygen atoms in total. The SMILES string of the molecule is c1cc(-c2ccc(N(c3ccc(-c4cccc5sc6ccccc6c45)cc3)c3ccc(-c4cccc5sc6ccccc6c45)cc3)cc2)cc(-c2ccc3ccccc3c2)c1. The molecule has 0 amide bonds. The maximum atomic E-state index is 2.38. The number of rotatable bonds is 7. The van der Waals surface area contributed by atoms with Crippen molar-refractivity contribution in [2.24, 2.45) is 0 Å². The quantitative estimate of drug-likeness (QED) is 0.155. The molecule has 0 bridgehead atoms. The molecule has 0 spiro atoms. The smallest absolute Gasteiger partial charge is 0.0462 e. The summed E-state index contributed by atoms with van der Waals surface area (Å²) in [5.74, 6) is 0. The average molecular weight is 812 g/mol. The number of thiophene rings is 2. The molecule has 12 aromatic rings. The first-order valence-electron chi connectivity index (χ1n) is 20.7. The normalized spacial score (nSPS) is 11.6. The van der Waals surface area contributed by atoms with Crippen LogP contribution in [0.1, 0.15) is 0 Å². The van der Waals surface area contributed by atoms with Crippen LogP contribution in [0.4, 0.5) is 17.1 Å². The van der Waals surface area contributed by atoms with Crippen LogP contribution >= 0.6 is 22.7 Å². The number of hydrogen-bond acceptors (Lipinski definition) is 3. The van der Waals surface area contributed by atoms with Crippen LogP contribution < -0.4 is 4.90 Å². The molecule has 0 N–H and O–H groups in total. The summed E-state index contributed by atoms with van der Waals surface area (Å²) in [5.41, 5.74) is 13.1. The van der Waals surface area contributed by atoms with Gasteiger partial charge in [-0.25, -0.2) is 0 Å². The van der Waals surface area contributed by atoms with E-state index in [1.807, 2.05) is 22.7 Å². The van der Waals surface area contributed by atoms with Crippen molar-refractivity contribution < 1.29 is 0 Å². The van der Waals surface area contributed by atoms with Gasteiger partial charge < -0.3 is 4.90 Å². The third kappa shape index (κ3) is 6.29. The molecule has 0 unspecified atom stereocenters. The predicted molar refractivity (Wildman–Crippen MR) is 266 cm³/mol. The standard InChI is InChI=1S/C58H37NS2/c1-2-11-42-37-45(23-22-38(42)10-1)44-13-7-12-43(36-44)39-24-30-46(31-25-39)59(47-32-26-40(27-33-47)49-16-8-20-55-57(49)51-14-3-5-18-53(51)60-55)48-34-28-41(29-35-48)50-17-9-21-56-58(50)52-15-4-6-19-54(52)61-56/h1-37H. The van der Waals surface area contributed by atoms with E-state index in [2.05, 4.69) is 229 Å². The van der Waals surface area contributed by atoms with Gasteiger partial charge in [-0.3, -0.25) is 0 Å². The summed E-state index contributed by atoms with van der Waals surface area (Å²) < 4.78 is 5.28. The predicted octanol–water partition coefficient (Wildman–Crippen LogP) is 17.7. The molecule has 0 saturated heterocycles. The van der Waals surface area contributed by atoms with E-state index in [-0.39, 0.29) is 0 Å². The topological polar surface area (TPSA) is 3.24 Å². The minimum atomic E-state index is 1.10. The average Bonchev–Trinajstić information content (AvgIpc) is 3.91. The van der Waals surface area contributed by atoms with Crippen LogP contribution in [-0.4, -0.2) is 0 Å². The second-order valence-electron chi connectivity index (χ2n) is 15.7. The lowest BCUT2D eigenvalue weighted by atomic mass is 9.97. The molecule has 0 saturated carbocycles. The molecule has 0 aliphatic heterocycles. The fourth-order valence-electron chi connectivity index (χ4n) is 9.11. The van der Waals surface area contributed by atoms with Crippen molar-refractivity contribution in [3.63, 3.8) is 0 Å². The van der Waals surface area contributed by atoms with E-state index in [4.69, 9.17) is 0 Å². The highest BCUT2D eigenvalue weighted by molar-refractivity contribution is 7.26. The zero-order valence-corrected chi connectivity index (χ0v) is 34.8. The van der Waals surface area contributed by atoms with Gasteiger partial charge in [0.15, 0.2) is 0 Å². The minimum absolute atomic E-state index is 1.10. The van der Waals surface area contributed by atoms with E-state index in [9.17, 15) is 0 Å². The summed E-state index contributed by atoms with van der Waals surface area (Å²) in [7, 11) is 0. The van der Waals surface area contributed by atoms with Crippen molar-refractivity contribution in [3.8, 4) is 44.5 Å². The monoisotopic (exact) mass is 811 g/mol. The van der Waals surface area contributed by atoms with Gasteiger partial charge in [-0.05, 0) is 128 Å². The maximum absolute atomic E-state index is 2.38. The molecular weight excluding hydrogens is 775 g/mol. The lowest BCUT2D eigenvalue weighted by Crippen LogP contribution is -2.09. The summed E-state index contributed by atoms with van der Waals surface area (Å²) in [6.07, 6.45) is 0. The van der Waals surface area contributed by atoms with E-state index in [1.165, 1.54) is 95.6 Å². The Morgan fingerprint density at radius 3 is 1.23 bits per heavy atom. The summed E-state index contributed by atoms with van der Waals surface area (Å²) in [5, 5.41) is 7.81. The molecule has 61 heavy (non-hydrogen) atoms. The van der Waals surface area contributed by atoms with Crippen molar-refractivity contribution in [2.45, 2.75) is 0 Å². The number of benzene rings is 10. The van der Waals surface area contributed by atoms with Crippen LogP contribution in [0.3, 0.4) is 0 Å². The fraction of sp³-hybridized carbons (Fsp3) is 0. The van der Waals surface area contributed by atoms with E-state index in [1.54, 1.807) is 0 Å². The van der Waals surface area contributed by atoms with Gasteiger partial charge in [0.25, 0.3) is 0 Å². The Labute approximate surface area is 362 Å². The Morgan fingerprint density at radius 1 is 0.262 bits per heavy atom. The first-order valence-corrected chi connectivity index (χ1v) is 22.4. The van der Waals surface area contributed by atoms with E-state index in [0.717, 1.165) is 17.1 Å². The molecule has 0 aliphatic rings. The maximum Gasteiger partial charge on any atom is 0.0462 e. The number of hydrogen-bond donors (Lipinski definition) is 0. The third-order valence-electron chi connectivity index (χ3n) is 12.1. The molecule has 0 radical (unpaired) electrons. The Morgan fingerprint density at radius 2 is 0.672 bits per heavy atom.